The Bertz CT molecular complexity index is 1210. The second-order valence-electron chi connectivity index (χ2n) is 10.6. The summed E-state index contributed by atoms with van der Waals surface area (Å²) in [6, 6.07) is 13.1. The Morgan fingerprint density at radius 2 is 1.81 bits per heavy atom. The highest BCUT2D eigenvalue weighted by Gasteiger charge is 2.78. The Kier molecular flexibility index (Phi) is 6.36. The van der Waals surface area contributed by atoms with E-state index in [0.29, 0.717) is 24.1 Å². The number of hydrogen-bond acceptors (Lipinski definition) is 6. The first kappa shape index (κ1) is 25.4. The molecule has 3 fully saturated rings. The summed E-state index contributed by atoms with van der Waals surface area (Å²) in [7, 11) is 0. The van der Waals surface area contributed by atoms with Crippen LogP contribution >= 0.6 is 0 Å². The van der Waals surface area contributed by atoms with E-state index >= 15 is 0 Å². The molecule has 37 heavy (non-hydrogen) atoms. The Morgan fingerprint density at radius 1 is 1.14 bits per heavy atom. The Morgan fingerprint density at radius 3 is 2.43 bits per heavy atom. The van der Waals surface area contributed by atoms with Crippen LogP contribution in [0.4, 0.5) is 5.69 Å². The highest BCUT2D eigenvalue weighted by atomic mass is 16.6. The molecule has 2 amide bonds. The van der Waals surface area contributed by atoms with Gasteiger partial charge in [-0.05, 0) is 57.2 Å². The lowest BCUT2D eigenvalue weighted by Gasteiger charge is -2.37. The van der Waals surface area contributed by atoms with Gasteiger partial charge in [-0.3, -0.25) is 14.4 Å². The van der Waals surface area contributed by atoms with E-state index in [1.54, 1.807) is 6.92 Å². The van der Waals surface area contributed by atoms with Crippen molar-refractivity contribution in [3.63, 3.8) is 0 Å². The molecular weight excluding hydrogens is 472 g/mol. The van der Waals surface area contributed by atoms with Gasteiger partial charge in [0.05, 0.1) is 30.8 Å². The number of amides is 2. The Balaban J connectivity index is 1.63. The average molecular weight is 507 g/mol. The second kappa shape index (κ2) is 9.26. The van der Waals surface area contributed by atoms with Crippen molar-refractivity contribution in [3.05, 3.63) is 65.2 Å². The maximum absolute atomic E-state index is 14.3. The molecule has 196 valence electrons. The second-order valence-corrected chi connectivity index (χ2v) is 10.6. The number of nitrogens with one attached hydrogen (secondary N) is 1. The summed E-state index contributed by atoms with van der Waals surface area (Å²) in [6.07, 6.45) is 0.973. The molecule has 5 rings (SSSR count). The molecule has 3 saturated heterocycles. The molecule has 2 unspecified atom stereocenters. The van der Waals surface area contributed by atoms with E-state index < -0.39 is 47.0 Å². The minimum atomic E-state index is -1.20. The average Bonchev–Trinajstić information content (AvgIpc) is 3.44. The number of benzene rings is 2. The number of esters is 1. The van der Waals surface area contributed by atoms with Crippen molar-refractivity contribution < 1.29 is 29.0 Å². The lowest BCUT2D eigenvalue weighted by atomic mass is 9.66. The lowest BCUT2D eigenvalue weighted by Crippen LogP contribution is -2.54. The molecule has 2 bridgehead atoms. The number of fused-ring (bicyclic) bond motifs is 1. The van der Waals surface area contributed by atoms with E-state index in [2.05, 4.69) is 5.32 Å². The zero-order valence-corrected chi connectivity index (χ0v) is 21.7. The van der Waals surface area contributed by atoms with Crippen LogP contribution in [-0.4, -0.2) is 58.2 Å². The van der Waals surface area contributed by atoms with Gasteiger partial charge in [-0.25, -0.2) is 0 Å². The van der Waals surface area contributed by atoms with Crippen molar-refractivity contribution in [1.29, 1.82) is 0 Å². The van der Waals surface area contributed by atoms with Crippen LogP contribution in [0.1, 0.15) is 49.4 Å². The zero-order chi connectivity index (χ0) is 26.5. The molecule has 1 spiro atoms. The highest BCUT2D eigenvalue weighted by molar-refractivity contribution is 6.04. The van der Waals surface area contributed by atoms with Crippen LogP contribution in [0, 0.1) is 25.7 Å². The van der Waals surface area contributed by atoms with E-state index in [9.17, 15) is 19.5 Å². The van der Waals surface area contributed by atoms with Gasteiger partial charge < -0.3 is 24.8 Å². The van der Waals surface area contributed by atoms with Crippen LogP contribution in [0.5, 0.6) is 0 Å². The minimum absolute atomic E-state index is 0.183. The number of anilines is 1. The van der Waals surface area contributed by atoms with Crippen molar-refractivity contribution in [2.45, 2.75) is 63.8 Å². The zero-order valence-electron chi connectivity index (χ0n) is 21.7. The molecule has 2 aromatic carbocycles. The maximum Gasteiger partial charge on any atom is 0.312 e. The van der Waals surface area contributed by atoms with Crippen LogP contribution in [-0.2, 0) is 23.9 Å². The molecule has 2 N–H and O–H groups in total. The number of rotatable bonds is 7. The molecule has 0 aromatic heterocycles. The third-order valence-corrected chi connectivity index (χ3v) is 8.43. The molecule has 0 aliphatic carbocycles. The fraction of sp³-hybridized carbons (Fsp3) is 0.483. The smallest absolute Gasteiger partial charge is 0.312 e. The third kappa shape index (κ3) is 3.77. The van der Waals surface area contributed by atoms with Crippen molar-refractivity contribution in [3.8, 4) is 0 Å². The van der Waals surface area contributed by atoms with Crippen molar-refractivity contribution in [1.82, 2.24) is 4.90 Å². The van der Waals surface area contributed by atoms with Gasteiger partial charge in [0.15, 0.2) is 0 Å². The van der Waals surface area contributed by atoms with Gasteiger partial charge in [0.2, 0.25) is 11.8 Å². The first-order chi connectivity index (χ1) is 17.7. The standard InChI is InChI=1S/C29H34N2O6/c1-5-36-27(35)22-21-26(34)31(20(16-32)19-12-7-6-8-13-19)24(29(21)15-14-28(22,4)37-29)25(33)30-23-17(2)10-9-11-18(23)3/h6-13,20-22,24,32H,5,14-16H2,1-4H3,(H,30,33)/t20-,21+,22-,24?,28+,29?/m1/s1. The molecule has 0 radical (unpaired) electrons. The van der Waals surface area contributed by atoms with Gasteiger partial charge in [0.1, 0.15) is 17.6 Å². The summed E-state index contributed by atoms with van der Waals surface area (Å²) < 4.78 is 12.0. The van der Waals surface area contributed by atoms with Crippen LogP contribution in [0.15, 0.2) is 48.5 Å². The molecule has 6 atom stereocenters. The molecule has 0 saturated carbocycles. The van der Waals surface area contributed by atoms with Crippen LogP contribution in [0.25, 0.3) is 0 Å². The fourth-order valence-electron chi connectivity index (χ4n) is 6.82. The van der Waals surface area contributed by atoms with Crippen LogP contribution in [0.3, 0.4) is 0 Å². The number of nitrogens with zero attached hydrogens (tertiary/aromatic N) is 1. The van der Waals surface area contributed by atoms with Crippen molar-refractivity contribution >= 4 is 23.5 Å². The number of likely N-dealkylation sites (tertiary alicyclic amines) is 1. The van der Waals surface area contributed by atoms with E-state index in [-0.39, 0.29) is 19.1 Å². The van der Waals surface area contributed by atoms with Crippen LogP contribution < -0.4 is 5.32 Å². The first-order valence-corrected chi connectivity index (χ1v) is 12.9. The largest absolute Gasteiger partial charge is 0.466 e. The summed E-state index contributed by atoms with van der Waals surface area (Å²) in [5.41, 5.74) is 1.07. The van der Waals surface area contributed by atoms with Gasteiger partial charge in [-0.1, -0.05) is 48.5 Å². The number of para-hydroxylation sites is 1. The fourth-order valence-corrected chi connectivity index (χ4v) is 6.82. The molecule has 2 aromatic rings. The summed E-state index contributed by atoms with van der Waals surface area (Å²) in [4.78, 5) is 43.1. The summed E-state index contributed by atoms with van der Waals surface area (Å²) in [5.74, 6) is -2.95. The molecular formula is C29H34N2O6. The lowest BCUT2D eigenvalue weighted by molar-refractivity contribution is -0.160. The summed E-state index contributed by atoms with van der Waals surface area (Å²) in [5, 5.41) is 13.6. The molecule has 3 aliphatic heterocycles. The number of aliphatic hydroxyl groups is 1. The number of hydrogen-bond donors (Lipinski definition) is 2. The van der Waals surface area contributed by atoms with Gasteiger partial charge in [-0.2, -0.15) is 0 Å². The van der Waals surface area contributed by atoms with Crippen molar-refractivity contribution in [2.75, 3.05) is 18.5 Å². The predicted octanol–water partition coefficient (Wildman–Crippen LogP) is 3.30. The quantitative estimate of drug-likeness (QED) is 0.559. The number of carbonyl (C=O) groups is 3. The van der Waals surface area contributed by atoms with Crippen LogP contribution in [0.2, 0.25) is 0 Å². The van der Waals surface area contributed by atoms with Gasteiger partial charge in [-0.15, -0.1) is 0 Å². The van der Waals surface area contributed by atoms with E-state index in [4.69, 9.17) is 9.47 Å². The Labute approximate surface area is 216 Å². The minimum Gasteiger partial charge on any atom is -0.466 e. The maximum atomic E-state index is 14.3. The molecule has 8 heteroatoms. The van der Waals surface area contributed by atoms with Gasteiger partial charge >= 0.3 is 5.97 Å². The number of aryl methyl sites for hydroxylation is 2. The molecule has 3 heterocycles. The van der Waals surface area contributed by atoms with Gasteiger partial charge in [0, 0.05) is 5.69 Å². The first-order valence-electron chi connectivity index (χ1n) is 12.9. The van der Waals surface area contributed by atoms with E-state index in [1.165, 1.54) is 4.90 Å². The third-order valence-electron chi connectivity index (χ3n) is 8.43. The number of aliphatic hydroxyl groups excluding tert-OH is 1. The topological polar surface area (TPSA) is 105 Å². The monoisotopic (exact) mass is 506 g/mol. The predicted molar refractivity (Wildman–Crippen MR) is 137 cm³/mol. The van der Waals surface area contributed by atoms with E-state index in [1.807, 2.05) is 69.3 Å². The highest BCUT2D eigenvalue weighted by Crippen LogP contribution is 2.64. The SMILES string of the molecule is CCOC(=O)[C@H]1[C@H]2C(=O)N([C@H](CO)c3ccccc3)C(C(=O)Nc3c(C)cccc3C)C23CC[C@]1(C)O3. The van der Waals surface area contributed by atoms with Gasteiger partial charge in [0.25, 0.3) is 0 Å². The summed E-state index contributed by atoms with van der Waals surface area (Å²) in [6.45, 7) is 7.19. The molecule has 8 nitrogen and oxygen atoms in total. The number of ether oxygens (including phenoxy) is 2. The summed E-state index contributed by atoms with van der Waals surface area (Å²) >= 11 is 0. The van der Waals surface area contributed by atoms with E-state index in [0.717, 1.165) is 11.1 Å². The Hall–Kier alpha value is -3.23. The number of carbonyl (C=O) groups excluding carboxylic acids is 3. The van der Waals surface area contributed by atoms with Crippen molar-refractivity contribution in [2.24, 2.45) is 11.8 Å². The molecule has 3 aliphatic rings. The normalized spacial score (nSPS) is 30.8.